The Kier molecular flexibility index (Phi) is 5.37. The normalized spacial score (nSPS) is 10.3. The Morgan fingerprint density at radius 2 is 2.25 bits per heavy atom. The SMILES string of the molecule is CCCNc1nnc(C(=O)Nc2cccc(SC)c2)s1. The van der Waals surface area contributed by atoms with Crippen molar-refractivity contribution in [2.75, 3.05) is 23.4 Å². The molecule has 2 rings (SSSR count). The van der Waals surface area contributed by atoms with Crippen LogP contribution < -0.4 is 10.6 Å². The van der Waals surface area contributed by atoms with E-state index in [0.29, 0.717) is 10.1 Å². The van der Waals surface area contributed by atoms with Gasteiger partial charge in [-0.2, -0.15) is 0 Å². The first-order chi connectivity index (χ1) is 9.72. The second-order valence-electron chi connectivity index (χ2n) is 4.03. The van der Waals surface area contributed by atoms with Gasteiger partial charge in [0.1, 0.15) is 0 Å². The number of nitrogens with zero attached hydrogens (tertiary/aromatic N) is 2. The fourth-order valence-corrected chi connectivity index (χ4v) is 2.63. The highest BCUT2D eigenvalue weighted by Crippen LogP contribution is 2.21. The van der Waals surface area contributed by atoms with Gasteiger partial charge in [0.25, 0.3) is 5.91 Å². The molecule has 0 atom stereocenters. The molecule has 2 aromatic rings. The second kappa shape index (κ2) is 7.25. The van der Waals surface area contributed by atoms with E-state index in [4.69, 9.17) is 0 Å². The summed E-state index contributed by atoms with van der Waals surface area (Å²) in [7, 11) is 0. The number of nitrogens with one attached hydrogen (secondary N) is 2. The number of rotatable bonds is 6. The Morgan fingerprint density at radius 3 is 3.00 bits per heavy atom. The molecule has 0 spiro atoms. The van der Waals surface area contributed by atoms with E-state index in [9.17, 15) is 4.79 Å². The average Bonchev–Trinajstić information content (AvgIpc) is 2.94. The molecule has 0 bridgehead atoms. The maximum Gasteiger partial charge on any atom is 0.286 e. The fraction of sp³-hybridized carbons (Fsp3) is 0.308. The number of thioether (sulfide) groups is 1. The van der Waals surface area contributed by atoms with Crippen molar-refractivity contribution < 1.29 is 4.79 Å². The second-order valence-corrected chi connectivity index (χ2v) is 5.88. The van der Waals surface area contributed by atoms with Gasteiger partial charge in [0.2, 0.25) is 10.1 Å². The van der Waals surface area contributed by atoms with Crippen molar-refractivity contribution in [2.45, 2.75) is 18.2 Å². The van der Waals surface area contributed by atoms with Crippen molar-refractivity contribution in [1.82, 2.24) is 10.2 Å². The molecule has 106 valence electrons. The number of anilines is 2. The van der Waals surface area contributed by atoms with E-state index in [0.717, 1.165) is 23.5 Å². The third-order valence-electron chi connectivity index (χ3n) is 2.47. The summed E-state index contributed by atoms with van der Waals surface area (Å²) >= 11 is 2.89. The van der Waals surface area contributed by atoms with Crippen molar-refractivity contribution in [3.05, 3.63) is 29.3 Å². The van der Waals surface area contributed by atoms with Gasteiger partial charge >= 0.3 is 0 Å². The van der Waals surface area contributed by atoms with Crippen LogP contribution >= 0.6 is 23.1 Å². The lowest BCUT2D eigenvalue weighted by Gasteiger charge is -2.04. The molecule has 1 aromatic carbocycles. The molecule has 2 N–H and O–H groups in total. The highest BCUT2D eigenvalue weighted by molar-refractivity contribution is 7.98. The summed E-state index contributed by atoms with van der Waals surface area (Å²) in [6.45, 7) is 2.90. The van der Waals surface area contributed by atoms with E-state index in [-0.39, 0.29) is 5.91 Å². The molecule has 1 heterocycles. The molecule has 7 heteroatoms. The molecule has 0 radical (unpaired) electrons. The van der Waals surface area contributed by atoms with Gasteiger partial charge in [0.15, 0.2) is 0 Å². The highest BCUT2D eigenvalue weighted by atomic mass is 32.2. The molecule has 0 saturated heterocycles. The van der Waals surface area contributed by atoms with Crippen LogP contribution in [0.25, 0.3) is 0 Å². The summed E-state index contributed by atoms with van der Waals surface area (Å²) in [5.41, 5.74) is 0.764. The summed E-state index contributed by atoms with van der Waals surface area (Å²) in [6, 6.07) is 7.70. The van der Waals surface area contributed by atoms with Crippen molar-refractivity contribution in [2.24, 2.45) is 0 Å². The van der Waals surface area contributed by atoms with E-state index in [1.807, 2.05) is 30.5 Å². The maximum absolute atomic E-state index is 12.1. The van der Waals surface area contributed by atoms with Gasteiger partial charge in [-0.3, -0.25) is 4.79 Å². The number of carbonyl (C=O) groups excluding carboxylic acids is 1. The van der Waals surface area contributed by atoms with Gasteiger partial charge in [-0.15, -0.1) is 22.0 Å². The van der Waals surface area contributed by atoms with Gasteiger partial charge in [0.05, 0.1) is 0 Å². The standard InChI is InChI=1S/C13H16N4OS2/c1-3-7-14-13-17-16-12(20-13)11(18)15-9-5-4-6-10(8-9)19-2/h4-6,8H,3,7H2,1-2H3,(H,14,17)(H,15,18). The Labute approximate surface area is 126 Å². The number of benzene rings is 1. The molecule has 0 aliphatic carbocycles. The van der Waals surface area contributed by atoms with Gasteiger partial charge < -0.3 is 10.6 Å². The molecule has 0 aliphatic rings. The smallest absolute Gasteiger partial charge is 0.286 e. The zero-order chi connectivity index (χ0) is 14.4. The first kappa shape index (κ1) is 14.8. The molecule has 1 aromatic heterocycles. The molecule has 0 saturated carbocycles. The molecule has 1 amide bonds. The summed E-state index contributed by atoms with van der Waals surface area (Å²) in [4.78, 5) is 13.2. The average molecular weight is 308 g/mol. The van der Waals surface area contributed by atoms with Crippen molar-refractivity contribution in [1.29, 1.82) is 0 Å². The Hall–Kier alpha value is -1.60. The van der Waals surface area contributed by atoms with Gasteiger partial charge in [-0.05, 0) is 30.9 Å². The number of amides is 1. The first-order valence-corrected chi connectivity index (χ1v) is 8.30. The molecule has 20 heavy (non-hydrogen) atoms. The third kappa shape index (κ3) is 3.94. The first-order valence-electron chi connectivity index (χ1n) is 6.25. The number of carbonyl (C=O) groups is 1. The van der Waals surface area contributed by atoms with Crippen molar-refractivity contribution in [3.63, 3.8) is 0 Å². The van der Waals surface area contributed by atoms with Gasteiger partial charge in [0, 0.05) is 17.1 Å². The molecule has 0 aliphatic heterocycles. The van der Waals surface area contributed by atoms with Gasteiger partial charge in [-0.25, -0.2) is 0 Å². The molecule has 5 nitrogen and oxygen atoms in total. The molecular weight excluding hydrogens is 292 g/mol. The molecule has 0 unspecified atom stereocenters. The van der Waals surface area contributed by atoms with Gasteiger partial charge in [-0.1, -0.05) is 24.3 Å². The number of hydrogen-bond acceptors (Lipinski definition) is 6. The van der Waals surface area contributed by atoms with Crippen LogP contribution in [0.5, 0.6) is 0 Å². The minimum absolute atomic E-state index is 0.231. The summed E-state index contributed by atoms with van der Waals surface area (Å²) < 4.78 is 0. The fourth-order valence-electron chi connectivity index (χ4n) is 1.50. The predicted octanol–water partition coefficient (Wildman–Crippen LogP) is 3.33. The summed E-state index contributed by atoms with van der Waals surface area (Å²) in [5.74, 6) is -0.231. The maximum atomic E-state index is 12.1. The molecule has 0 fully saturated rings. The Morgan fingerprint density at radius 1 is 1.40 bits per heavy atom. The number of hydrogen-bond donors (Lipinski definition) is 2. The third-order valence-corrected chi connectivity index (χ3v) is 4.08. The van der Waals surface area contributed by atoms with E-state index in [1.54, 1.807) is 11.8 Å². The Balaban J connectivity index is 2.02. The van der Waals surface area contributed by atoms with Crippen LogP contribution in [-0.2, 0) is 0 Å². The lowest BCUT2D eigenvalue weighted by molar-refractivity contribution is 0.102. The zero-order valence-electron chi connectivity index (χ0n) is 11.3. The summed E-state index contributed by atoms with van der Waals surface area (Å²) in [6.07, 6.45) is 3.00. The Bertz CT molecular complexity index is 585. The quantitative estimate of drug-likeness (QED) is 0.801. The largest absolute Gasteiger partial charge is 0.360 e. The van der Waals surface area contributed by atoms with Crippen LogP contribution in [0.15, 0.2) is 29.2 Å². The van der Waals surface area contributed by atoms with Crippen LogP contribution in [0.1, 0.15) is 23.1 Å². The van der Waals surface area contributed by atoms with E-state index < -0.39 is 0 Å². The van der Waals surface area contributed by atoms with Crippen LogP contribution in [0.4, 0.5) is 10.8 Å². The number of aromatic nitrogens is 2. The monoisotopic (exact) mass is 308 g/mol. The lowest BCUT2D eigenvalue weighted by Crippen LogP contribution is -2.11. The van der Waals surface area contributed by atoms with Crippen molar-refractivity contribution >= 4 is 39.8 Å². The lowest BCUT2D eigenvalue weighted by atomic mass is 10.3. The van der Waals surface area contributed by atoms with Crippen LogP contribution in [-0.4, -0.2) is 28.9 Å². The van der Waals surface area contributed by atoms with Crippen LogP contribution in [0.2, 0.25) is 0 Å². The van der Waals surface area contributed by atoms with E-state index in [1.165, 1.54) is 11.3 Å². The predicted molar refractivity (Wildman–Crippen MR) is 84.9 cm³/mol. The van der Waals surface area contributed by atoms with E-state index >= 15 is 0 Å². The van der Waals surface area contributed by atoms with E-state index in [2.05, 4.69) is 27.8 Å². The highest BCUT2D eigenvalue weighted by Gasteiger charge is 2.12. The van der Waals surface area contributed by atoms with Crippen LogP contribution in [0.3, 0.4) is 0 Å². The molecular formula is C13H16N4OS2. The minimum atomic E-state index is -0.231. The summed E-state index contributed by atoms with van der Waals surface area (Å²) in [5, 5.41) is 14.8. The topological polar surface area (TPSA) is 66.9 Å². The zero-order valence-corrected chi connectivity index (χ0v) is 13.0. The van der Waals surface area contributed by atoms with Crippen molar-refractivity contribution in [3.8, 4) is 0 Å². The van der Waals surface area contributed by atoms with Crippen LogP contribution in [0, 0.1) is 0 Å². The minimum Gasteiger partial charge on any atom is -0.360 e.